The lowest BCUT2D eigenvalue weighted by atomic mass is 10.1. The molecule has 0 N–H and O–H groups in total. The van der Waals surface area contributed by atoms with E-state index < -0.39 is 5.37 Å². The predicted molar refractivity (Wildman–Crippen MR) is 55.6 cm³/mol. The fourth-order valence-electron chi connectivity index (χ4n) is 1.25. The van der Waals surface area contributed by atoms with E-state index in [0.29, 0.717) is 0 Å². The monoisotopic (exact) mass is 197 g/mol. The van der Waals surface area contributed by atoms with Crippen LogP contribution in [0, 0.1) is 13.8 Å². The minimum Gasteiger partial charge on any atom is -0.302 e. The summed E-state index contributed by atoms with van der Waals surface area (Å²) in [6, 6.07) is 5.90. The Morgan fingerprint density at radius 2 is 1.69 bits per heavy atom. The van der Waals surface area contributed by atoms with Gasteiger partial charge in [-0.3, -0.25) is 4.79 Å². The number of carbonyl (C=O) groups is 1. The van der Waals surface area contributed by atoms with Gasteiger partial charge in [-0.1, -0.05) is 6.07 Å². The highest BCUT2D eigenvalue weighted by atomic mass is 35.5. The van der Waals surface area contributed by atoms with Gasteiger partial charge in [-0.15, -0.1) is 0 Å². The molecule has 0 bridgehead atoms. The summed E-state index contributed by atoms with van der Waals surface area (Å²) in [5.74, 6) is 0. The van der Waals surface area contributed by atoms with Gasteiger partial charge in [0.1, 0.15) is 0 Å². The molecule has 0 aliphatic carbocycles. The van der Waals surface area contributed by atoms with Crippen molar-refractivity contribution >= 4 is 22.7 Å². The summed E-state index contributed by atoms with van der Waals surface area (Å²) in [6.07, 6.45) is 0. The van der Waals surface area contributed by atoms with Crippen molar-refractivity contribution in [3.63, 3.8) is 0 Å². The van der Waals surface area contributed by atoms with Crippen LogP contribution >= 0.6 is 11.6 Å². The molecule has 0 radical (unpaired) electrons. The topological polar surface area (TPSA) is 20.3 Å². The van der Waals surface area contributed by atoms with Crippen molar-refractivity contribution in [2.45, 2.75) is 13.8 Å². The number of hydrogen-bond donors (Lipinski definition) is 0. The van der Waals surface area contributed by atoms with Gasteiger partial charge in [0.05, 0.1) is 0 Å². The number of hydrogen-bond acceptors (Lipinski definition) is 1. The van der Waals surface area contributed by atoms with E-state index in [1.54, 1.807) is 7.05 Å². The molecule has 0 heterocycles. The Kier molecular flexibility index (Phi) is 2.94. The van der Waals surface area contributed by atoms with E-state index in [9.17, 15) is 4.79 Å². The minimum atomic E-state index is -0.468. The number of anilines is 1. The summed E-state index contributed by atoms with van der Waals surface area (Å²) >= 11 is 5.35. The minimum absolute atomic E-state index is 0.468. The van der Waals surface area contributed by atoms with Gasteiger partial charge in [-0.25, -0.2) is 0 Å². The van der Waals surface area contributed by atoms with Crippen LogP contribution in [0.3, 0.4) is 0 Å². The second-order valence-corrected chi connectivity index (χ2v) is 3.48. The molecular formula is C10H12ClNO. The molecule has 0 fully saturated rings. The largest absolute Gasteiger partial charge is 0.320 e. The summed E-state index contributed by atoms with van der Waals surface area (Å²) in [6.45, 7) is 3.98. The molecule has 0 unspecified atom stereocenters. The molecule has 0 saturated heterocycles. The first kappa shape index (κ1) is 10.1. The van der Waals surface area contributed by atoms with Crippen LogP contribution in [0.15, 0.2) is 18.2 Å². The van der Waals surface area contributed by atoms with Crippen LogP contribution in [-0.4, -0.2) is 12.4 Å². The zero-order valence-corrected chi connectivity index (χ0v) is 8.72. The Hall–Kier alpha value is -1.02. The van der Waals surface area contributed by atoms with E-state index in [1.807, 2.05) is 26.0 Å². The normalized spacial score (nSPS) is 9.85. The van der Waals surface area contributed by atoms with Crippen LogP contribution in [0.25, 0.3) is 0 Å². The van der Waals surface area contributed by atoms with Gasteiger partial charge < -0.3 is 4.90 Å². The molecule has 1 amide bonds. The van der Waals surface area contributed by atoms with Crippen molar-refractivity contribution in [1.82, 2.24) is 0 Å². The number of aryl methyl sites for hydroxylation is 2. The molecule has 0 saturated carbocycles. The van der Waals surface area contributed by atoms with Gasteiger partial charge in [0.2, 0.25) is 0 Å². The molecule has 0 spiro atoms. The molecule has 3 heteroatoms. The quantitative estimate of drug-likeness (QED) is 0.501. The second-order valence-electron chi connectivity index (χ2n) is 3.16. The Labute approximate surface area is 83.1 Å². The first-order valence-corrected chi connectivity index (χ1v) is 4.40. The Bertz CT molecular complexity index is 315. The zero-order valence-electron chi connectivity index (χ0n) is 7.97. The number of rotatable bonds is 1. The van der Waals surface area contributed by atoms with Crippen LogP contribution in [0.1, 0.15) is 11.1 Å². The van der Waals surface area contributed by atoms with Gasteiger partial charge in [0, 0.05) is 12.7 Å². The predicted octanol–water partition coefficient (Wildman–Crippen LogP) is 3.10. The Morgan fingerprint density at radius 3 is 2.08 bits per heavy atom. The van der Waals surface area contributed by atoms with Crippen molar-refractivity contribution in [2.24, 2.45) is 0 Å². The third-order valence-corrected chi connectivity index (χ3v) is 2.11. The zero-order chi connectivity index (χ0) is 10.0. The summed E-state index contributed by atoms with van der Waals surface area (Å²) in [7, 11) is 1.66. The molecular weight excluding hydrogens is 186 g/mol. The maximum atomic E-state index is 10.9. The van der Waals surface area contributed by atoms with Crippen molar-refractivity contribution in [3.05, 3.63) is 29.3 Å². The summed E-state index contributed by atoms with van der Waals surface area (Å²) in [5, 5.41) is -0.468. The number of carbonyl (C=O) groups excluding carboxylic acids is 1. The summed E-state index contributed by atoms with van der Waals surface area (Å²) < 4.78 is 0. The SMILES string of the molecule is Cc1cc(C)cc(N(C)C(=O)Cl)c1. The number of amides is 1. The number of halogens is 1. The van der Waals surface area contributed by atoms with E-state index in [0.717, 1.165) is 16.8 Å². The molecule has 1 aromatic rings. The van der Waals surface area contributed by atoms with Crippen LogP contribution in [-0.2, 0) is 0 Å². The van der Waals surface area contributed by atoms with Crippen molar-refractivity contribution in [2.75, 3.05) is 11.9 Å². The van der Waals surface area contributed by atoms with Crippen molar-refractivity contribution in [3.8, 4) is 0 Å². The fraction of sp³-hybridized carbons (Fsp3) is 0.300. The van der Waals surface area contributed by atoms with E-state index in [4.69, 9.17) is 11.6 Å². The average Bonchev–Trinajstić information content (AvgIpc) is 2.01. The highest BCUT2D eigenvalue weighted by Gasteiger charge is 2.07. The first-order chi connectivity index (χ1) is 6.00. The summed E-state index contributed by atoms with van der Waals surface area (Å²) in [5.41, 5.74) is 3.08. The van der Waals surface area contributed by atoms with E-state index in [1.165, 1.54) is 4.90 Å². The molecule has 0 atom stereocenters. The van der Waals surface area contributed by atoms with Crippen molar-refractivity contribution < 1.29 is 4.79 Å². The highest BCUT2D eigenvalue weighted by molar-refractivity contribution is 6.66. The maximum absolute atomic E-state index is 10.9. The maximum Gasteiger partial charge on any atom is 0.320 e. The lowest BCUT2D eigenvalue weighted by molar-refractivity contribution is 0.265. The Balaban J connectivity index is 3.07. The third kappa shape index (κ3) is 2.46. The lowest BCUT2D eigenvalue weighted by Gasteiger charge is -2.14. The molecule has 0 aliphatic rings. The van der Waals surface area contributed by atoms with E-state index in [-0.39, 0.29) is 0 Å². The van der Waals surface area contributed by atoms with E-state index in [2.05, 4.69) is 6.07 Å². The van der Waals surface area contributed by atoms with Crippen LogP contribution < -0.4 is 4.90 Å². The average molecular weight is 198 g/mol. The molecule has 13 heavy (non-hydrogen) atoms. The summed E-state index contributed by atoms with van der Waals surface area (Å²) in [4.78, 5) is 12.3. The van der Waals surface area contributed by atoms with E-state index >= 15 is 0 Å². The second kappa shape index (κ2) is 3.79. The molecule has 70 valence electrons. The van der Waals surface area contributed by atoms with Crippen molar-refractivity contribution in [1.29, 1.82) is 0 Å². The molecule has 1 rings (SSSR count). The van der Waals surface area contributed by atoms with Gasteiger partial charge >= 0.3 is 5.37 Å². The standard InChI is InChI=1S/C10H12ClNO/c1-7-4-8(2)6-9(5-7)12(3)10(11)13/h4-6H,1-3H3. The number of nitrogens with zero attached hydrogens (tertiary/aromatic N) is 1. The lowest BCUT2D eigenvalue weighted by Crippen LogP contribution is -2.19. The fourth-order valence-corrected chi connectivity index (χ4v) is 1.34. The number of benzene rings is 1. The van der Waals surface area contributed by atoms with Crippen LogP contribution in [0.4, 0.5) is 10.5 Å². The van der Waals surface area contributed by atoms with Crippen LogP contribution in [0.5, 0.6) is 0 Å². The van der Waals surface area contributed by atoms with Crippen LogP contribution in [0.2, 0.25) is 0 Å². The first-order valence-electron chi connectivity index (χ1n) is 4.02. The van der Waals surface area contributed by atoms with Gasteiger partial charge in [0.25, 0.3) is 0 Å². The smallest absolute Gasteiger partial charge is 0.302 e. The van der Waals surface area contributed by atoms with Gasteiger partial charge in [-0.2, -0.15) is 0 Å². The van der Waals surface area contributed by atoms with Gasteiger partial charge in [0.15, 0.2) is 0 Å². The third-order valence-electron chi connectivity index (χ3n) is 1.86. The molecule has 0 aliphatic heterocycles. The molecule has 2 nitrogen and oxygen atoms in total. The molecule has 0 aromatic heterocycles. The Morgan fingerprint density at radius 1 is 1.23 bits per heavy atom. The highest BCUT2D eigenvalue weighted by Crippen LogP contribution is 2.18. The van der Waals surface area contributed by atoms with Gasteiger partial charge in [-0.05, 0) is 48.7 Å². The molecule has 1 aromatic carbocycles.